The van der Waals surface area contributed by atoms with Gasteiger partial charge in [-0.3, -0.25) is 14.9 Å². The van der Waals surface area contributed by atoms with Gasteiger partial charge in [0.1, 0.15) is 0 Å². The first kappa shape index (κ1) is 14.8. The molecule has 2 bridgehead atoms. The van der Waals surface area contributed by atoms with Crippen molar-refractivity contribution in [3.8, 4) is 0 Å². The molecule has 3 rings (SSSR count). The summed E-state index contributed by atoms with van der Waals surface area (Å²) in [6.45, 7) is 6.42. The number of hydrogen-bond donors (Lipinski definition) is 1. The zero-order chi connectivity index (χ0) is 16.1. The van der Waals surface area contributed by atoms with Gasteiger partial charge in [0, 0.05) is 35.0 Å². The van der Waals surface area contributed by atoms with Gasteiger partial charge in [-0.2, -0.15) is 0 Å². The van der Waals surface area contributed by atoms with Gasteiger partial charge >= 0.3 is 0 Å². The van der Waals surface area contributed by atoms with Crippen molar-refractivity contribution in [1.82, 2.24) is 0 Å². The number of ketones is 1. The van der Waals surface area contributed by atoms with Gasteiger partial charge in [-0.15, -0.1) is 0 Å². The summed E-state index contributed by atoms with van der Waals surface area (Å²) in [5.74, 6) is 0.527. The Balaban J connectivity index is 1.82. The van der Waals surface area contributed by atoms with Gasteiger partial charge in [-0.25, -0.2) is 0 Å². The number of benzene rings is 1. The van der Waals surface area contributed by atoms with E-state index in [0.29, 0.717) is 0 Å². The van der Waals surface area contributed by atoms with Crippen LogP contribution in [0.2, 0.25) is 0 Å². The van der Waals surface area contributed by atoms with E-state index in [4.69, 9.17) is 0 Å². The number of carbonyl (C=O) groups excluding carboxylic acids is 1. The molecule has 0 radical (unpaired) electrons. The first-order valence-electron chi connectivity index (χ1n) is 7.53. The molecule has 0 aromatic heterocycles. The fourth-order valence-electron chi connectivity index (χ4n) is 3.93. The van der Waals surface area contributed by atoms with Crippen molar-refractivity contribution in [2.75, 3.05) is 5.32 Å². The van der Waals surface area contributed by atoms with Crippen LogP contribution in [-0.2, 0) is 4.79 Å². The van der Waals surface area contributed by atoms with E-state index in [0.717, 1.165) is 24.1 Å². The lowest BCUT2D eigenvalue weighted by molar-refractivity contribution is -0.384. The Bertz CT molecular complexity index is 676. The monoisotopic (exact) mass is 300 g/mol. The summed E-state index contributed by atoms with van der Waals surface area (Å²) in [5, 5.41) is 13.8. The van der Waals surface area contributed by atoms with Gasteiger partial charge in [0.15, 0.2) is 5.78 Å². The first-order valence-corrected chi connectivity index (χ1v) is 7.53. The quantitative estimate of drug-likeness (QED) is 0.522. The summed E-state index contributed by atoms with van der Waals surface area (Å²) in [7, 11) is 0. The minimum atomic E-state index is -0.426. The highest BCUT2D eigenvalue weighted by molar-refractivity contribution is 6.04. The summed E-state index contributed by atoms with van der Waals surface area (Å²) < 4.78 is 0. The minimum absolute atomic E-state index is 0.00687. The van der Waals surface area contributed by atoms with Crippen molar-refractivity contribution in [3.05, 3.63) is 46.2 Å². The van der Waals surface area contributed by atoms with Crippen molar-refractivity contribution >= 4 is 17.2 Å². The highest BCUT2D eigenvalue weighted by Crippen LogP contribution is 2.65. The van der Waals surface area contributed by atoms with E-state index >= 15 is 0 Å². The normalized spacial score (nSPS) is 30.8. The number of allylic oxidation sites excluding steroid dienone is 1. The van der Waals surface area contributed by atoms with Crippen molar-refractivity contribution in [3.63, 3.8) is 0 Å². The van der Waals surface area contributed by atoms with Gasteiger partial charge in [0.2, 0.25) is 0 Å². The standard InChI is InChI=1S/C17H20N2O3/c1-16(2)14-8-9-17(16,3)15(20)13(14)10-18-11-4-6-12(7-5-11)19(21)22/h4-7,10,14,18H,8-9H2,1-3H3. The second-order valence-electron chi connectivity index (χ2n) is 7.02. The summed E-state index contributed by atoms with van der Waals surface area (Å²) in [6, 6.07) is 6.21. The number of fused-ring (bicyclic) bond motifs is 2. The van der Waals surface area contributed by atoms with E-state index in [1.165, 1.54) is 12.1 Å². The van der Waals surface area contributed by atoms with Crippen LogP contribution in [0.4, 0.5) is 11.4 Å². The summed E-state index contributed by atoms with van der Waals surface area (Å²) in [5.41, 5.74) is 1.39. The second kappa shape index (κ2) is 4.66. The molecule has 2 unspecified atom stereocenters. The maximum absolute atomic E-state index is 12.7. The molecule has 2 fully saturated rings. The fourth-order valence-corrected chi connectivity index (χ4v) is 3.93. The number of anilines is 1. The topological polar surface area (TPSA) is 72.2 Å². The smallest absolute Gasteiger partial charge is 0.269 e. The average Bonchev–Trinajstić information content (AvgIpc) is 2.78. The molecule has 1 N–H and O–H groups in total. The van der Waals surface area contributed by atoms with Crippen molar-refractivity contribution in [2.24, 2.45) is 16.7 Å². The molecule has 5 nitrogen and oxygen atoms in total. The van der Waals surface area contributed by atoms with Crippen molar-refractivity contribution < 1.29 is 9.72 Å². The third-order valence-corrected chi connectivity index (χ3v) is 5.84. The van der Waals surface area contributed by atoms with Crippen LogP contribution in [0.3, 0.4) is 0 Å². The van der Waals surface area contributed by atoms with Gasteiger partial charge in [-0.05, 0) is 36.3 Å². The minimum Gasteiger partial charge on any atom is -0.361 e. The van der Waals surface area contributed by atoms with Gasteiger partial charge in [0.05, 0.1) is 4.92 Å². The molecule has 5 heteroatoms. The predicted octanol–water partition coefficient (Wildman–Crippen LogP) is 3.92. The molecule has 2 aliphatic carbocycles. The number of rotatable bonds is 3. The SMILES string of the molecule is CC12CCC(C(=CNc3ccc([N+](=O)[O-])cc3)C1=O)C2(C)C. The Morgan fingerprint density at radius 1 is 1.27 bits per heavy atom. The molecule has 2 aliphatic rings. The Kier molecular flexibility index (Phi) is 3.13. The number of nitro groups is 1. The first-order chi connectivity index (χ1) is 10.3. The maximum atomic E-state index is 12.7. The zero-order valence-electron chi connectivity index (χ0n) is 13.1. The third kappa shape index (κ3) is 1.88. The highest BCUT2D eigenvalue weighted by Gasteiger charge is 2.63. The summed E-state index contributed by atoms with van der Waals surface area (Å²) in [6.07, 6.45) is 3.79. The predicted molar refractivity (Wildman–Crippen MR) is 84.4 cm³/mol. The molecule has 1 aromatic carbocycles. The molecular weight excluding hydrogens is 280 g/mol. The number of carbonyl (C=O) groups is 1. The Hall–Kier alpha value is -2.17. The van der Waals surface area contributed by atoms with E-state index in [2.05, 4.69) is 26.1 Å². The lowest BCUT2D eigenvalue weighted by Crippen LogP contribution is -2.32. The number of nitro benzene ring substituents is 1. The number of non-ortho nitro benzene ring substituents is 1. The number of nitrogens with zero attached hydrogens (tertiary/aromatic N) is 1. The van der Waals surface area contributed by atoms with Crippen LogP contribution >= 0.6 is 0 Å². The van der Waals surface area contributed by atoms with Crippen LogP contribution in [0.15, 0.2) is 36.0 Å². The molecule has 1 aromatic rings. The van der Waals surface area contributed by atoms with Gasteiger partial charge in [-0.1, -0.05) is 20.8 Å². The van der Waals surface area contributed by atoms with Crippen LogP contribution in [0.5, 0.6) is 0 Å². The number of nitrogens with one attached hydrogen (secondary N) is 1. The van der Waals surface area contributed by atoms with Crippen molar-refractivity contribution in [2.45, 2.75) is 33.6 Å². The molecule has 2 saturated carbocycles. The average molecular weight is 300 g/mol. The maximum Gasteiger partial charge on any atom is 0.269 e. The lowest BCUT2D eigenvalue weighted by atomic mass is 9.70. The lowest BCUT2D eigenvalue weighted by Gasteiger charge is -2.31. The van der Waals surface area contributed by atoms with Crippen LogP contribution in [-0.4, -0.2) is 10.7 Å². The molecule has 0 amide bonds. The summed E-state index contributed by atoms with van der Waals surface area (Å²) >= 11 is 0. The van der Waals surface area contributed by atoms with Crippen LogP contribution in [0, 0.1) is 26.9 Å². The van der Waals surface area contributed by atoms with E-state index in [1.54, 1.807) is 18.3 Å². The Morgan fingerprint density at radius 2 is 1.91 bits per heavy atom. The molecular formula is C17H20N2O3. The van der Waals surface area contributed by atoms with Gasteiger partial charge < -0.3 is 5.32 Å². The summed E-state index contributed by atoms with van der Waals surface area (Å²) in [4.78, 5) is 22.9. The van der Waals surface area contributed by atoms with E-state index in [-0.39, 0.29) is 28.2 Å². The fraction of sp³-hybridized carbons (Fsp3) is 0.471. The molecule has 0 heterocycles. The van der Waals surface area contributed by atoms with Gasteiger partial charge in [0.25, 0.3) is 5.69 Å². The molecule has 2 atom stereocenters. The highest BCUT2D eigenvalue weighted by atomic mass is 16.6. The molecule has 0 spiro atoms. The second-order valence-corrected chi connectivity index (χ2v) is 7.02. The largest absolute Gasteiger partial charge is 0.361 e. The molecule has 116 valence electrons. The Morgan fingerprint density at radius 3 is 2.41 bits per heavy atom. The van der Waals surface area contributed by atoms with E-state index in [1.807, 2.05) is 0 Å². The van der Waals surface area contributed by atoms with Crippen molar-refractivity contribution in [1.29, 1.82) is 0 Å². The van der Waals surface area contributed by atoms with Crippen LogP contribution < -0.4 is 5.32 Å². The van der Waals surface area contributed by atoms with Crippen LogP contribution in [0.25, 0.3) is 0 Å². The molecule has 0 aliphatic heterocycles. The van der Waals surface area contributed by atoms with E-state index in [9.17, 15) is 14.9 Å². The third-order valence-electron chi connectivity index (χ3n) is 5.84. The Labute approximate surface area is 129 Å². The van der Waals surface area contributed by atoms with Crippen LogP contribution in [0.1, 0.15) is 33.6 Å². The van der Waals surface area contributed by atoms with E-state index < -0.39 is 4.92 Å². The molecule has 0 saturated heterocycles. The molecule has 22 heavy (non-hydrogen) atoms. The zero-order valence-corrected chi connectivity index (χ0v) is 13.1. The number of hydrogen-bond acceptors (Lipinski definition) is 4. The number of Topliss-reactive ketones (excluding diaryl/α,β-unsaturated/α-hetero) is 1.